The predicted octanol–water partition coefficient (Wildman–Crippen LogP) is 2.54. The van der Waals surface area contributed by atoms with E-state index in [0.717, 1.165) is 21.3 Å². The summed E-state index contributed by atoms with van der Waals surface area (Å²) in [6.07, 6.45) is 1.77. The molecule has 0 unspecified atom stereocenters. The summed E-state index contributed by atoms with van der Waals surface area (Å²) >= 11 is 7.44. The molecule has 2 aromatic heterocycles. The number of aromatic nitrogens is 2. The van der Waals surface area contributed by atoms with Crippen LogP contribution in [0.3, 0.4) is 0 Å². The average Bonchev–Trinajstić information content (AvgIpc) is 2.67. The average molecular weight is 228 g/mol. The van der Waals surface area contributed by atoms with Crippen molar-refractivity contribution in [2.75, 3.05) is 5.73 Å². The number of thiophene rings is 1. The van der Waals surface area contributed by atoms with Gasteiger partial charge in [0.1, 0.15) is 5.82 Å². The molecule has 2 heterocycles. The lowest BCUT2D eigenvalue weighted by molar-refractivity contribution is 0.705. The first-order chi connectivity index (χ1) is 6.66. The van der Waals surface area contributed by atoms with Gasteiger partial charge in [-0.1, -0.05) is 11.6 Å². The number of hydrogen-bond acceptors (Lipinski definition) is 3. The fraction of sp³-hybridized carbons (Fsp3) is 0.222. The fourth-order valence-corrected chi connectivity index (χ4v) is 2.25. The van der Waals surface area contributed by atoms with Crippen molar-refractivity contribution < 1.29 is 0 Å². The summed E-state index contributed by atoms with van der Waals surface area (Å²) in [7, 11) is 0. The lowest BCUT2D eigenvalue weighted by atomic mass is 10.4. The summed E-state index contributed by atoms with van der Waals surface area (Å²) in [6, 6.07) is 1.93. The second kappa shape index (κ2) is 3.63. The van der Waals surface area contributed by atoms with E-state index in [0.29, 0.717) is 6.54 Å². The topological polar surface area (TPSA) is 43.8 Å². The van der Waals surface area contributed by atoms with Gasteiger partial charge in [-0.25, -0.2) is 4.68 Å². The van der Waals surface area contributed by atoms with Gasteiger partial charge in [-0.05, 0) is 13.0 Å². The maximum Gasteiger partial charge on any atom is 0.125 e. The number of anilines is 1. The second-order valence-corrected chi connectivity index (χ2v) is 4.53. The van der Waals surface area contributed by atoms with Crippen LogP contribution in [0.15, 0.2) is 17.6 Å². The molecule has 14 heavy (non-hydrogen) atoms. The van der Waals surface area contributed by atoms with Gasteiger partial charge in [0.15, 0.2) is 0 Å². The van der Waals surface area contributed by atoms with E-state index in [4.69, 9.17) is 17.3 Å². The Bertz CT molecular complexity index is 447. The standard InChI is InChI=1S/C9H10ClN3S/c1-6-3-12-13(9(6)11)4-8-2-7(10)5-14-8/h2-3,5H,4,11H2,1H3. The molecule has 0 amide bonds. The minimum Gasteiger partial charge on any atom is -0.384 e. The van der Waals surface area contributed by atoms with Crippen LogP contribution in [0.2, 0.25) is 5.02 Å². The summed E-state index contributed by atoms with van der Waals surface area (Å²) < 4.78 is 1.78. The molecule has 2 aromatic rings. The molecule has 0 saturated heterocycles. The van der Waals surface area contributed by atoms with Crippen molar-refractivity contribution in [3.63, 3.8) is 0 Å². The highest BCUT2D eigenvalue weighted by Gasteiger charge is 2.05. The monoisotopic (exact) mass is 227 g/mol. The largest absolute Gasteiger partial charge is 0.384 e. The molecule has 0 bridgehead atoms. The molecule has 0 aromatic carbocycles. The Morgan fingerprint density at radius 1 is 1.64 bits per heavy atom. The Balaban J connectivity index is 2.22. The molecule has 3 nitrogen and oxygen atoms in total. The molecule has 0 atom stereocenters. The van der Waals surface area contributed by atoms with Crippen LogP contribution in [0.25, 0.3) is 0 Å². The van der Waals surface area contributed by atoms with Gasteiger partial charge in [0.05, 0.1) is 17.8 Å². The SMILES string of the molecule is Cc1cnn(Cc2cc(Cl)cs2)c1N. The van der Waals surface area contributed by atoms with Crippen LogP contribution in [0.5, 0.6) is 0 Å². The fourth-order valence-electron chi connectivity index (χ4n) is 1.20. The first-order valence-electron chi connectivity index (χ1n) is 4.17. The van der Waals surface area contributed by atoms with Gasteiger partial charge in [0, 0.05) is 15.8 Å². The number of rotatable bonds is 2. The molecule has 0 aliphatic heterocycles. The van der Waals surface area contributed by atoms with Crippen molar-refractivity contribution >= 4 is 28.8 Å². The Kier molecular flexibility index (Phi) is 2.48. The first kappa shape index (κ1) is 9.55. The molecule has 0 aliphatic rings. The van der Waals surface area contributed by atoms with E-state index in [1.165, 1.54) is 0 Å². The van der Waals surface area contributed by atoms with Crippen LogP contribution >= 0.6 is 22.9 Å². The Morgan fingerprint density at radius 3 is 2.93 bits per heavy atom. The summed E-state index contributed by atoms with van der Waals surface area (Å²) in [6.45, 7) is 2.64. The summed E-state index contributed by atoms with van der Waals surface area (Å²) in [4.78, 5) is 1.16. The van der Waals surface area contributed by atoms with Gasteiger partial charge in [0.2, 0.25) is 0 Å². The van der Waals surface area contributed by atoms with E-state index < -0.39 is 0 Å². The van der Waals surface area contributed by atoms with E-state index >= 15 is 0 Å². The molecule has 0 fully saturated rings. The van der Waals surface area contributed by atoms with Crippen molar-refractivity contribution in [1.82, 2.24) is 9.78 Å². The lowest BCUT2D eigenvalue weighted by Gasteiger charge is -2.01. The van der Waals surface area contributed by atoms with Crippen molar-refractivity contribution in [2.45, 2.75) is 13.5 Å². The zero-order valence-corrected chi connectivity index (χ0v) is 9.27. The van der Waals surface area contributed by atoms with Crippen LogP contribution in [-0.4, -0.2) is 9.78 Å². The Labute approximate surface area is 91.1 Å². The number of nitrogens with zero attached hydrogens (tertiary/aromatic N) is 2. The number of nitrogens with two attached hydrogens (primary N) is 1. The van der Waals surface area contributed by atoms with Crippen molar-refractivity contribution in [3.8, 4) is 0 Å². The van der Waals surface area contributed by atoms with Crippen LogP contribution in [0.1, 0.15) is 10.4 Å². The zero-order chi connectivity index (χ0) is 10.1. The molecule has 0 saturated carbocycles. The minimum absolute atomic E-state index is 0.692. The van der Waals surface area contributed by atoms with E-state index in [9.17, 15) is 0 Å². The van der Waals surface area contributed by atoms with E-state index in [1.807, 2.05) is 18.4 Å². The summed E-state index contributed by atoms with van der Waals surface area (Å²) in [5, 5.41) is 6.85. The molecule has 0 aliphatic carbocycles. The third-order valence-electron chi connectivity index (χ3n) is 2.00. The summed E-state index contributed by atoms with van der Waals surface area (Å²) in [5.41, 5.74) is 6.84. The highest BCUT2D eigenvalue weighted by molar-refractivity contribution is 7.10. The second-order valence-electron chi connectivity index (χ2n) is 3.10. The number of hydrogen-bond donors (Lipinski definition) is 1. The smallest absolute Gasteiger partial charge is 0.125 e. The normalized spacial score (nSPS) is 10.7. The van der Waals surface area contributed by atoms with Crippen molar-refractivity contribution in [1.29, 1.82) is 0 Å². The van der Waals surface area contributed by atoms with Crippen LogP contribution in [0, 0.1) is 6.92 Å². The third-order valence-corrected chi connectivity index (χ3v) is 3.27. The van der Waals surface area contributed by atoms with E-state index in [1.54, 1.807) is 22.2 Å². The molecule has 5 heteroatoms. The van der Waals surface area contributed by atoms with E-state index in [2.05, 4.69) is 5.10 Å². The van der Waals surface area contributed by atoms with Gasteiger partial charge < -0.3 is 5.73 Å². The Morgan fingerprint density at radius 2 is 2.43 bits per heavy atom. The number of nitrogen functional groups attached to an aromatic ring is 1. The van der Waals surface area contributed by atoms with Gasteiger partial charge in [-0.15, -0.1) is 11.3 Å². The van der Waals surface area contributed by atoms with E-state index in [-0.39, 0.29) is 0 Å². The quantitative estimate of drug-likeness (QED) is 0.857. The molecule has 2 N–H and O–H groups in total. The third kappa shape index (κ3) is 1.76. The van der Waals surface area contributed by atoms with Crippen molar-refractivity contribution in [3.05, 3.63) is 33.1 Å². The van der Waals surface area contributed by atoms with Gasteiger partial charge in [-0.3, -0.25) is 0 Å². The predicted molar refractivity (Wildman–Crippen MR) is 59.8 cm³/mol. The molecular weight excluding hydrogens is 218 g/mol. The first-order valence-corrected chi connectivity index (χ1v) is 5.43. The highest BCUT2D eigenvalue weighted by atomic mass is 35.5. The molecule has 0 spiro atoms. The lowest BCUT2D eigenvalue weighted by Crippen LogP contribution is -2.04. The van der Waals surface area contributed by atoms with Gasteiger partial charge in [0.25, 0.3) is 0 Å². The van der Waals surface area contributed by atoms with Crippen LogP contribution < -0.4 is 5.73 Å². The molecule has 2 rings (SSSR count). The number of aryl methyl sites for hydroxylation is 1. The van der Waals surface area contributed by atoms with Gasteiger partial charge >= 0.3 is 0 Å². The Hall–Kier alpha value is -1.00. The molecular formula is C9H10ClN3S. The maximum atomic E-state index is 5.83. The zero-order valence-electron chi connectivity index (χ0n) is 7.70. The van der Waals surface area contributed by atoms with Gasteiger partial charge in [-0.2, -0.15) is 5.10 Å². The highest BCUT2D eigenvalue weighted by Crippen LogP contribution is 2.21. The van der Waals surface area contributed by atoms with Crippen LogP contribution in [-0.2, 0) is 6.54 Å². The maximum absolute atomic E-state index is 5.83. The minimum atomic E-state index is 0.692. The molecule has 0 radical (unpaired) electrons. The van der Waals surface area contributed by atoms with Crippen LogP contribution in [0.4, 0.5) is 5.82 Å². The summed E-state index contributed by atoms with van der Waals surface area (Å²) in [5.74, 6) is 0.717. The number of halogens is 1. The molecule has 74 valence electrons. The van der Waals surface area contributed by atoms with Crippen molar-refractivity contribution in [2.24, 2.45) is 0 Å².